The summed E-state index contributed by atoms with van der Waals surface area (Å²) in [5.74, 6) is 1.32. The van der Waals surface area contributed by atoms with Gasteiger partial charge in [-0.3, -0.25) is 0 Å². The summed E-state index contributed by atoms with van der Waals surface area (Å²) in [6, 6.07) is 0. The summed E-state index contributed by atoms with van der Waals surface area (Å²) in [6.45, 7) is 4.91. The van der Waals surface area contributed by atoms with Gasteiger partial charge in [0.25, 0.3) is 0 Å². The summed E-state index contributed by atoms with van der Waals surface area (Å²) in [6.07, 6.45) is 3.29. The molecule has 2 rings (SSSR count). The fourth-order valence-electron chi connectivity index (χ4n) is 1.88. The van der Waals surface area contributed by atoms with Gasteiger partial charge in [0.1, 0.15) is 11.6 Å². The van der Waals surface area contributed by atoms with Crippen molar-refractivity contribution in [2.24, 2.45) is 0 Å². The zero-order valence-corrected chi connectivity index (χ0v) is 14.0. The fraction of sp³-hybridized carbons (Fsp3) is 0.462. The molecule has 0 fully saturated rings. The van der Waals surface area contributed by atoms with E-state index >= 15 is 0 Å². The molecule has 20 heavy (non-hydrogen) atoms. The van der Waals surface area contributed by atoms with Gasteiger partial charge in [-0.25, -0.2) is 9.97 Å². The minimum atomic E-state index is 0. The normalized spacial score (nSPS) is 10.3. The minimum absolute atomic E-state index is 0. The molecule has 2 aromatic rings. The lowest BCUT2D eigenvalue weighted by Gasteiger charge is -2.03. The Labute approximate surface area is 133 Å². The average molecular weight is 359 g/mol. The van der Waals surface area contributed by atoms with Crippen molar-refractivity contribution in [1.82, 2.24) is 9.97 Å². The molecule has 0 radical (unpaired) electrons. The lowest BCUT2D eigenvalue weighted by Crippen LogP contribution is -3.00. The van der Waals surface area contributed by atoms with Gasteiger partial charge in [0.05, 0.1) is 10.4 Å². The molecule has 0 amide bonds. The first-order valence-electron chi connectivity index (χ1n) is 6.33. The molecule has 5 nitrogen and oxygen atoms in total. The molecule has 7 heteroatoms. The van der Waals surface area contributed by atoms with Gasteiger partial charge in [0.2, 0.25) is 5.51 Å². The highest BCUT2D eigenvalue weighted by Crippen LogP contribution is 2.13. The lowest BCUT2D eigenvalue weighted by atomic mass is 10.2. The second kappa shape index (κ2) is 7.66. The number of nitrogens with two attached hydrogens (primary N) is 1. The van der Waals surface area contributed by atoms with Gasteiger partial charge in [0, 0.05) is 32.6 Å². The van der Waals surface area contributed by atoms with E-state index in [9.17, 15) is 0 Å². The molecular weight excluding hydrogens is 340 g/mol. The van der Waals surface area contributed by atoms with Crippen molar-refractivity contribution in [2.75, 3.05) is 12.3 Å². The Morgan fingerprint density at radius 1 is 1.45 bits per heavy atom. The number of rotatable bonds is 5. The van der Waals surface area contributed by atoms with Crippen LogP contribution >= 0.6 is 11.3 Å². The molecule has 0 atom stereocenters. The summed E-state index contributed by atoms with van der Waals surface area (Å²) in [5.41, 5.74) is 10.1. The van der Waals surface area contributed by atoms with Crippen molar-refractivity contribution in [3.63, 3.8) is 0 Å². The van der Waals surface area contributed by atoms with Crippen molar-refractivity contribution in [1.29, 1.82) is 0 Å². The van der Waals surface area contributed by atoms with E-state index < -0.39 is 0 Å². The molecule has 2 heterocycles. The maximum atomic E-state index is 9.00. The summed E-state index contributed by atoms with van der Waals surface area (Å²) >= 11 is 1.65. The first kappa shape index (κ1) is 17.0. The van der Waals surface area contributed by atoms with Crippen molar-refractivity contribution in [2.45, 2.75) is 33.2 Å². The van der Waals surface area contributed by atoms with E-state index in [0.29, 0.717) is 18.8 Å². The third-order valence-electron chi connectivity index (χ3n) is 3.10. The Hall–Kier alpha value is -1.05. The largest absolute Gasteiger partial charge is 1.00 e. The first-order valence-corrected chi connectivity index (χ1v) is 7.21. The van der Waals surface area contributed by atoms with Crippen LogP contribution in [0.25, 0.3) is 0 Å². The second-order valence-corrected chi connectivity index (χ2v) is 5.32. The van der Waals surface area contributed by atoms with Gasteiger partial charge in [-0.2, -0.15) is 4.57 Å². The van der Waals surface area contributed by atoms with E-state index in [2.05, 4.69) is 21.5 Å². The summed E-state index contributed by atoms with van der Waals surface area (Å²) < 4.78 is 2.12. The van der Waals surface area contributed by atoms with Crippen LogP contribution in [0.3, 0.4) is 0 Å². The van der Waals surface area contributed by atoms with Gasteiger partial charge in [0.15, 0.2) is 12.2 Å². The van der Waals surface area contributed by atoms with E-state index in [4.69, 9.17) is 10.8 Å². The molecule has 0 aliphatic heterocycles. The third kappa shape index (κ3) is 3.74. The predicted octanol–water partition coefficient (Wildman–Crippen LogP) is -2.13. The van der Waals surface area contributed by atoms with Crippen molar-refractivity contribution in [3.8, 4) is 0 Å². The summed E-state index contributed by atoms with van der Waals surface area (Å²) in [4.78, 5) is 9.76. The number of halogens is 1. The number of hydrogen-bond acceptors (Lipinski definition) is 5. The van der Waals surface area contributed by atoms with Crippen molar-refractivity contribution < 1.29 is 26.7 Å². The van der Waals surface area contributed by atoms with Crippen LogP contribution in [0, 0.1) is 6.92 Å². The molecule has 0 aliphatic carbocycles. The Balaban J connectivity index is 0.00000200. The van der Waals surface area contributed by atoms with Crippen molar-refractivity contribution >= 4 is 17.2 Å². The van der Waals surface area contributed by atoms with Crippen LogP contribution < -0.4 is 27.3 Å². The molecule has 0 saturated carbocycles. The number of aliphatic hydroxyl groups excluding tert-OH is 1. The molecule has 0 bridgehead atoms. The quantitative estimate of drug-likeness (QED) is 0.598. The minimum Gasteiger partial charge on any atom is -1.00 e. The summed E-state index contributed by atoms with van der Waals surface area (Å²) in [5, 5.41) is 9.00. The van der Waals surface area contributed by atoms with Gasteiger partial charge >= 0.3 is 0 Å². The zero-order valence-electron chi connectivity index (χ0n) is 11.6. The Kier molecular flexibility index (Phi) is 6.51. The standard InChI is InChI=1S/C13H19N4OS.BrH/c1-3-12-15-6-10(13(14)16-12)7-17-8-19-11(4-5-18)9(17)2;/h6,8,18H,3-5,7H2,1-2H3,(H2,14,15,16);1H/q+1;/p-1. The smallest absolute Gasteiger partial charge is 0.225 e. The number of anilines is 1. The predicted molar refractivity (Wildman–Crippen MR) is 75.0 cm³/mol. The average Bonchev–Trinajstić information content (AvgIpc) is 2.74. The van der Waals surface area contributed by atoms with Crippen LogP contribution in [0.5, 0.6) is 0 Å². The maximum absolute atomic E-state index is 9.00. The Bertz CT molecular complexity index is 573. The fourth-order valence-corrected chi connectivity index (χ4v) is 2.87. The van der Waals surface area contributed by atoms with Crippen LogP contribution in [0.15, 0.2) is 11.7 Å². The van der Waals surface area contributed by atoms with Crippen LogP contribution in [0.2, 0.25) is 0 Å². The van der Waals surface area contributed by atoms with E-state index in [-0.39, 0.29) is 23.6 Å². The van der Waals surface area contributed by atoms with E-state index in [1.54, 1.807) is 17.5 Å². The van der Waals surface area contributed by atoms with Crippen molar-refractivity contribution in [3.05, 3.63) is 33.7 Å². The van der Waals surface area contributed by atoms with E-state index in [1.807, 2.05) is 12.4 Å². The lowest BCUT2D eigenvalue weighted by molar-refractivity contribution is -0.689. The van der Waals surface area contributed by atoms with E-state index in [1.165, 1.54) is 4.88 Å². The highest BCUT2D eigenvalue weighted by Gasteiger charge is 2.17. The molecule has 110 valence electrons. The Morgan fingerprint density at radius 2 is 2.20 bits per heavy atom. The maximum Gasteiger partial charge on any atom is 0.225 e. The highest BCUT2D eigenvalue weighted by atomic mass is 79.9. The molecular formula is C13H19BrN4OS. The topological polar surface area (TPSA) is 75.9 Å². The highest BCUT2D eigenvalue weighted by molar-refractivity contribution is 7.09. The van der Waals surface area contributed by atoms with Crippen LogP contribution in [-0.4, -0.2) is 21.7 Å². The first-order chi connectivity index (χ1) is 9.15. The van der Waals surface area contributed by atoms with Gasteiger partial charge in [-0.05, 0) is 0 Å². The molecule has 0 aromatic carbocycles. The second-order valence-electron chi connectivity index (χ2n) is 4.38. The number of hydrogen-bond donors (Lipinski definition) is 2. The number of nitrogen functional groups attached to an aromatic ring is 1. The summed E-state index contributed by atoms with van der Waals surface area (Å²) in [7, 11) is 0. The monoisotopic (exact) mass is 358 g/mol. The molecule has 2 aromatic heterocycles. The Morgan fingerprint density at radius 3 is 2.80 bits per heavy atom. The SMILES string of the molecule is CCc1ncc(C[n+]2csc(CCO)c2C)c(N)n1.[Br-]. The van der Waals surface area contributed by atoms with Gasteiger partial charge in [-0.1, -0.05) is 18.3 Å². The molecule has 3 N–H and O–H groups in total. The number of aryl methyl sites for hydroxylation is 1. The molecule has 0 spiro atoms. The number of aliphatic hydroxyl groups is 1. The van der Waals surface area contributed by atoms with Gasteiger partial charge < -0.3 is 27.8 Å². The number of aromatic nitrogens is 3. The molecule has 0 aliphatic rings. The van der Waals surface area contributed by atoms with E-state index in [0.717, 1.165) is 23.5 Å². The third-order valence-corrected chi connectivity index (χ3v) is 4.24. The van der Waals surface area contributed by atoms with Crippen LogP contribution in [0.1, 0.15) is 28.9 Å². The molecule has 0 unspecified atom stereocenters. The van der Waals surface area contributed by atoms with Gasteiger partial charge in [-0.15, -0.1) is 0 Å². The number of thiazole rings is 1. The van der Waals surface area contributed by atoms with Crippen LogP contribution in [0.4, 0.5) is 5.82 Å². The van der Waals surface area contributed by atoms with Crippen LogP contribution in [-0.2, 0) is 19.4 Å². The zero-order chi connectivity index (χ0) is 13.8. The molecule has 0 saturated heterocycles. The number of nitrogens with zero attached hydrogens (tertiary/aromatic N) is 3.